The molecule has 17 heavy (non-hydrogen) atoms. The van der Waals surface area contributed by atoms with Crippen LogP contribution < -0.4 is 0 Å². The minimum Gasteiger partial charge on any atom is -0.465 e. The fourth-order valence-electron chi connectivity index (χ4n) is 2.36. The minimum absolute atomic E-state index is 0.146. The molecule has 1 atom stereocenters. The van der Waals surface area contributed by atoms with Crippen molar-refractivity contribution < 1.29 is 14.3 Å². The summed E-state index contributed by atoms with van der Waals surface area (Å²) in [6.07, 6.45) is 2.88. The van der Waals surface area contributed by atoms with Crippen LogP contribution in [0.3, 0.4) is 0 Å². The lowest BCUT2D eigenvalue weighted by Gasteiger charge is -2.33. The van der Waals surface area contributed by atoms with Crippen molar-refractivity contribution >= 4 is 11.9 Å². The van der Waals surface area contributed by atoms with E-state index in [0.29, 0.717) is 13.2 Å². The van der Waals surface area contributed by atoms with Gasteiger partial charge in [0.05, 0.1) is 13.2 Å². The van der Waals surface area contributed by atoms with Crippen LogP contribution in [0.4, 0.5) is 0 Å². The predicted molar refractivity (Wildman–Crippen MR) is 62.4 cm³/mol. The van der Waals surface area contributed by atoms with Crippen LogP contribution in [0.5, 0.6) is 0 Å². The molecule has 2 heterocycles. The fourth-order valence-corrected chi connectivity index (χ4v) is 2.36. The van der Waals surface area contributed by atoms with Crippen LogP contribution in [0, 0.1) is 0 Å². The van der Waals surface area contributed by atoms with E-state index in [-0.39, 0.29) is 17.9 Å². The molecular formula is C12H20N2O3. The van der Waals surface area contributed by atoms with Crippen molar-refractivity contribution in [2.45, 2.75) is 32.2 Å². The topological polar surface area (TPSA) is 49.9 Å². The van der Waals surface area contributed by atoms with Gasteiger partial charge in [0.25, 0.3) is 0 Å². The molecule has 5 nitrogen and oxygen atoms in total. The largest absolute Gasteiger partial charge is 0.465 e. The highest BCUT2D eigenvalue weighted by Gasteiger charge is 2.34. The summed E-state index contributed by atoms with van der Waals surface area (Å²) in [5.41, 5.74) is 0. The number of hydrogen-bond donors (Lipinski definition) is 0. The van der Waals surface area contributed by atoms with Gasteiger partial charge in [0.15, 0.2) is 0 Å². The van der Waals surface area contributed by atoms with E-state index in [9.17, 15) is 9.59 Å². The first-order valence-electron chi connectivity index (χ1n) is 6.41. The van der Waals surface area contributed by atoms with Crippen LogP contribution in [0.25, 0.3) is 0 Å². The van der Waals surface area contributed by atoms with Crippen molar-refractivity contribution in [1.29, 1.82) is 0 Å². The van der Waals surface area contributed by atoms with Gasteiger partial charge in [-0.25, -0.2) is 0 Å². The Morgan fingerprint density at radius 1 is 1.24 bits per heavy atom. The van der Waals surface area contributed by atoms with E-state index < -0.39 is 0 Å². The van der Waals surface area contributed by atoms with Gasteiger partial charge in [0.1, 0.15) is 6.04 Å². The van der Waals surface area contributed by atoms with Gasteiger partial charge >= 0.3 is 5.97 Å². The van der Waals surface area contributed by atoms with Crippen molar-refractivity contribution in [2.24, 2.45) is 0 Å². The summed E-state index contributed by atoms with van der Waals surface area (Å²) in [7, 11) is 0. The van der Waals surface area contributed by atoms with Crippen LogP contribution in [-0.2, 0) is 14.3 Å². The second-order valence-corrected chi connectivity index (χ2v) is 4.61. The normalized spacial score (nSPS) is 24.5. The van der Waals surface area contributed by atoms with Gasteiger partial charge in [-0.3, -0.25) is 14.5 Å². The second kappa shape index (κ2) is 5.49. The number of rotatable bonds is 4. The van der Waals surface area contributed by atoms with Crippen molar-refractivity contribution in [3.8, 4) is 0 Å². The third-order valence-electron chi connectivity index (χ3n) is 3.47. The third kappa shape index (κ3) is 2.77. The third-order valence-corrected chi connectivity index (χ3v) is 3.47. The summed E-state index contributed by atoms with van der Waals surface area (Å²) in [5, 5.41) is 0. The highest BCUT2D eigenvalue weighted by Crippen LogP contribution is 2.19. The molecular weight excluding hydrogens is 220 g/mol. The van der Waals surface area contributed by atoms with Gasteiger partial charge in [0, 0.05) is 13.1 Å². The van der Waals surface area contributed by atoms with Crippen molar-refractivity contribution in [3.63, 3.8) is 0 Å². The van der Waals surface area contributed by atoms with E-state index in [0.717, 1.165) is 38.9 Å². The van der Waals surface area contributed by atoms with Gasteiger partial charge in [-0.15, -0.1) is 0 Å². The van der Waals surface area contributed by atoms with Crippen LogP contribution in [0.15, 0.2) is 0 Å². The number of nitrogens with zero attached hydrogens (tertiary/aromatic N) is 2. The molecule has 2 rings (SSSR count). The van der Waals surface area contributed by atoms with Gasteiger partial charge in [-0.2, -0.15) is 0 Å². The SMILES string of the molecule is CCOC(=O)C1CCCN1CC(=O)N1CCC1. The number of esters is 1. The molecule has 2 saturated heterocycles. The van der Waals surface area contributed by atoms with Gasteiger partial charge in [-0.05, 0) is 32.7 Å². The first-order chi connectivity index (χ1) is 8.22. The summed E-state index contributed by atoms with van der Waals surface area (Å²) in [6.45, 7) is 5.14. The predicted octanol–water partition coefficient (Wildman–Crippen LogP) is 0.246. The Hall–Kier alpha value is -1.10. The van der Waals surface area contributed by atoms with Crippen molar-refractivity contribution in [1.82, 2.24) is 9.80 Å². The van der Waals surface area contributed by atoms with E-state index in [1.165, 1.54) is 0 Å². The first kappa shape index (κ1) is 12.4. The molecule has 2 aliphatic heterocycles. The van der Waals surface area contributed by atoms with E-state index in [1.54, 1.807) is 0 Å². The zero-order chi connectivity index (χ0) is 12.3. The fraction of sp³-hybridized carbons (Fsp3) is 0.833. The van der Waals surface area contributed by atoms with Gasteiger partial charge in [-0.1, -0.05) is 0 Å². The quantitative estimate of drug-likeness (QED) is 0.661. The lowest BCUT2D eigenvalue weighted by atomic mass is 10.2. The molecule has 0 aromatic carbocycles. The molecule has 0 spiro atoms. The Labute approximate surface area is 102 Å². The minimum atomic E-state index is -0.208. The Bertz CT molecular complexity index is 302. The lowest BCUT2D eigenvalue weighted by Crippen LogP contribution is -2.49. The first-order valence-corrected chi connectivity index (χ1v) is 6.41. The number of ether oxygens (including phenoxy) is 1. The van der Waals surface area contributed by atoms with Crippen molar-refractivity contribution in [2.75, 3.05) is 32.8 Å². The number of likely N-dealkylation sites (tertiary alicyclic amines) is 2. The number of hydrogen-bond acceptors (Lipinski definition) is 4. The molecule has 0 radical (unpaired) electrons. The van der Waals surface area contributed by atoms with E-state index >= 15 is 0 Å². The second-order valence-electron chi connectivity index (χ2n) is 4.61. The molecule has 96 valence electrons. The molecule has 5 heteroatoms. The zero-order valence-corrected chi connectivity index (χ0v) is 10.4. The summed E-state index contributed by atoms with van der Waals surface area (Å²) in [6, 6.07) is -0.208. The maximum absolute atomic E-state index is 11.8. The Balaban J connectivity index is 1.85. The molecule has 0 aromatic rings. The number of amides is 1. The van der Waals surface area contributed by atoms with Crippen LogP contribution in [-0.4, -0.2) is 60.5 Å². The van der Waals surface area contributed by atoms with E-state index in [1.807, 2.05) is 16.7 Å². The highest BCUT2D eigenvalue weighted by molar-refractivity contribution is 5.81. The standard InChI is InChI=1S/C12H20N2O3/c1-2-17-12(16)10-5-3-6-14(10)9-11(15)13-7-4-8-13/h10H,2-9H2,1H3. The summed E-state index contributed by atoms with van der Waals surface area (Å²) in [5.74, 6) is -0.0335. The lowest BCUT2D eigenvalue weighted by molar-refractivity contribution is -0.149. The molecule has 0 aliphatic carbocycles. The highest BCUT2D eigenvalue weighted by atomic mass is 16.5. The molecule has 2 aliphatic rings. The Morgan fingerprint density at radius 2 is 2.00 bits per heavy atom. The average Bonchev–Trinajstić information content (AvgIpc) is 2.63. The van der Waals surface area contributed by atoms with Gasteiger partial charge in [0.2, 0.25) is 5.91 Å². The monoisotopic (exact) mass is 240 g/mol. The maximum Gasteiger partial charge on any atom is 0.323 e. The number of carbonyl (C=O) groups is 2. The summed E-state index contributed by atoms with van der Waals surface area (Å²) in [4.78, 5) is 27.3. The smallest absolute Gasteiger partial charge is 0.323 e. The molecule has 0 saturated carbocycles. The Morgan fingerprint density at radius 3 is 2.59 bits per heavy atom. The summed E-state index contributed by atoms with van der Waals surface area (Å²) < 4.78 is 5.03. The molecule has 0 bridgehead atoms. The Kier molecular flexibility index (Phi) is 3.99. The van der Waals surface area contributed by atoms with Crippen molar-refractivity contribution in [3.05, 3.63) is 0 Å². The van der Waals surface area contributed by atoms with Crippen LogP contribution in [0.2, 0.25) is 0 Å². The summed E-state index contributed by atoms with van der Waals surface area (Å²) >= 11 is 0. The maximum atomic E-state index is 11.8. The van der Waals surface area contributed by atoms with E-state index in [4.69, 9.17) is 4.74 Å². The van der Waals surface area contributed by atoms with Crippen LogP contribution >= 0.6 is 0 Å². The molecule has 0 N–H and O–H groups in total. The number of carbonyl (C=O) groups excluding carboxylic acids is 2. The molecule has 1 amide bonds. The van der Waals surface area contributed by atoms with Crippen LogP contribution in [0.1, 0.15) is 26.2 Å². The molecule has 1 unspecified atom stereocenters. The average molecular weight is 240 g/mol. The zero-order valence-electron chi connectivity index (χ0n) is 10.4. The van der Waals surface area contributed by atoms with E-state index in [2.05, 4.69) is 0 Å². The molecule has 2 fully saturated rings. The molecule has 0 aromatic heterocycles. The van der Waals surface area contributed by atoms with Gasteiger partial charge < -0.3 is 9.64 Å².